The van der Waals surface area contributed by atoms with E-state index in [4.69, 9.17) is 0 Å². The molecule has 132 valence electrons. The zero-order valence-electron chi connectivity index (χ0n) is 14.9. The van der Waals surface area contributed by atoms with Gasteiger partial charge in [0.05, 0.1) is 0 Å². The highest BCUT2D eigenvalue weighted by molar-refractivity contribution is 7.19. The van der Waals surface area contributed by atoms with Crippen molar-refractivity contribution in [2.24, 2.45) is 4.99 Å². The van der Waals surface area contributed by atoms with Gasteiger partial charge in [-0.25, -0.2) is 0 Å². The predicted octanol–water partition coefficient (Wildman–Crippen LogP) is 2.44. The highest BCUT2D eigenvalue weighted by Crippen LogP contribution is 2.29. The minimum atomic E-state index is -0.542. The van der Waals surface area contributed by atoms with Crippen LogP contribution < -0.4 is 10.6 Å². The van der Waals surface area contributed by atoms with Crippen molar-refractivity contribution in [3.63, 3.8) is 0 Å². The summed E-state index contributed by atoms with van der Waals surface area (Å²) in [5.74, 6) is 0.715. The number of benzene rings is 1. The van der Waals surface area contributed by atoms with Crippen LogP contribution in [-0.4, -0.2) is 55.7 Å². The first-order chi connectivity index (χ1) is 11.5. The van der Waals surface area contributed by atoms with Crippen molar-refractivity contribution >= 4 is 27.4 Å². The van der Waals surface area contributed by atoms with Crippen LogP contribution in [0.25, 0.3) is 10.1 Å². The van der Waals surface area contributed by atoms with E-state index in [1.54, 1.807) is 18.4 Å². The lowest BCUT2D eigenvalue weighted by Crippen LogP contribution is -2.43. The third kappa shape index (κ3) is 5.19. The van der Waals surface area contributed by atoms with Crippen LogP contribution in [-0.2, 0) is 0 Å². The van der Waals surface area contributed by atoms with Crippen molar-refractivity contribution in [1.82, 2.24) is 15.5 Å². The van der Waals surface area contributed by atoms with Crippen LogP contribution in [0.2, 0.25) is 0 Å². The number of aliphatic imine (C=N–C) groups is 1. The molecule has 0 fully saturated rings. The Kier molecular flexibility index (Phi) is 7.02. The average Bonchev–Trinajstić information content (AvgIpc) is 3.01. The maximum atomic E-state index is 10.4. The molecule has 2 rings (SSSR count). The van der Waals surface area contributed by atoms with Gasteiger partial charge in [-0.1, -0.05) is 18.2 Å². The summed E-state index contributed by atoms with van der Waals surface area (Å²) in [6, 6.07) is 10.8. The summed E-state index contributed by atoms with van der Waals surface area (Å²) in [4.78, 5) is 7.45. The van der Waals surface area contributed by atoms with Crippen LogP contribution in [0.1, 0.15) is 24.8 Å². The molecule has 0 saturated heterocycles. The SMILES string of the molecule is CN=C(NCCN(C)C(C)C)NCC(O)c1cc2ccccc2s1. The number of aliphatic hydroxyl groups is 1. The van der Waals surface area contributed by atoms with E-state index in [1.807, 2.05) is 12.1 Å². The molecule has 1 aromatic carbocycles. The minimum Gasteiger partial charge on any atom is -0.386 e. The van der Waals surface area contributed by atoms with E-state index in [9.17, 15) is 5.11 Å². The van der Waals surface area contributed by atoms with Crippen molar-refractivity contribution in [3.05, 3.63) is 35.2 Å². The fourth-order valence-corrected chi connectivity index (χ4v) is 3.34. The first-order valence-corrected chi connectivity index (χ1v) is 9.14. The lowest BCUT2D eigenvalue weighted by atomic mass is 10.2. The summed E-state index contributed by atoms with van der Waals surface area (Å²) in [6.07, 6.45) is -0.542. The van der Waals surface area contributed by atoms with Gasteiger partial charge in [0.15, 0.2) is 5.96 Å². The highest BCUT2D eigenvalue weighted by atomic mass is 32.1. The van der Waals surface area contributed by atoms with E-state index in [0.717, 1.165) is 18.0 Å². The third-order valence-electron chi connectivity index (χ3n) is 4.10. The number of hydrogen-bond acceptors (Lipinski definition) is 4. The lowest BCUT2D eigenvalue weighted by molar-refractivity contribution is 0.184. The van der Waals surface area contributed by atoms with Gasteiger partial charge in [0.1, 0.15) is 6.10 Å². The highest BCUT2D eigenvalue weighted by Gasteiger charge is 2.12. The van der Waals surface area contributed by atoms with Crippen LogP contribution >= 0.6 is 11.3 Å². The minimum absolute atomic E-state index is 0.437. The molecule has 1 heterocycles. The molecule has 5 nitrogen and oxygen atoms in total. The molecule has 0 aliphatic rings. The van der Waals surface area contributed by atoms with Crippen LogP contribution in [0.4, 0.5) is 0 Å². The first-order valence-electron chi connectivity index (χ1n) is 8.32. The van der Waals surface area contributed by atoms with Crippen molar-refractivity contribution in [2.75, 3.05) is 33.7 Å². The van der Waals surface area contributed by atoms with E-state index in [2.05, 4.69) is 59.6 Å². The Labute approximate surface area is 148 Å². The quantitative estimate of drug-likeness (QED) is 0.531. The Balaban J connectivity index is 1.81. The summed E-state index contributed by atoms with van der Waals surface area (Å²) in [7, 11) is 3.85. The van der Waals surface area contributed by atoms with E-state index in [1.165, 1.54) is 10.1 Å². The predicted molar refractivity (Wildman–Crippen MR) is 104 cm³/mol. The zero-order chi connectivity index (χ0) is 17.5. The maximum absolute atomic E-state index is 10.4. The van der Waals surface area contributed by atoms with Gasteiger partial charge in [-0.2, -0.15) is 0 Å². The molecule has 0 saturated carbocycles. The Bertz CT molecular complexity index is 635. The number of fused-ring (bicyclic) bond motifs is 1. The maximum Gasteiger partial charge on any atom is 0.191 e. The van der Waals surface area contributed by atoms with E-state index in [-0.39, 0.29) is 0 Å². The Morgan fingerprint density at radius 3 is 2.71 bits per heavy atom. The van der Waals surface area contributed by atoms with Gasteiger partial charge < -0.3 is 20.6 Å². The van der Waals surface area contributed by atoms with Crippen molar-refractivity contribution in [3.8, 4) is 0 Å². The zero-order valence-corrected chi connectivity index (χ0v) is 15.7. The number of likely N-dealkylation sites (N-methyl/N-ethyl adjacent to an activating group) is 1. The number of rotatable bonds is 7. The van der Waals surface area contributed by atoms with Crippen LogP contribution in [0, 0.1) is 0 Å². The average molecular weight is 349 g/mol. The molecule has 1 atom stereocenters. The number of nitrogens with zero attached hydrogens (tertiary/aromatic N) is 2. The van der Waals surface area contributed by atoms with Crippen molar-refractivity contribution in [1.29, 1.82) is 0 Å². The molecule has 0 aliphatic carbocycles. The molecule has 24 heavy (non-hydrogen) atoms. The second-order valence-corrected chi connectivity index (χ2v) is 7.27. The number of thiophene rings is 1. The molecule has 0 bridgehead atoms. The Morgan fingerprint density at radius 2 is 2.04 bits per heavy atom. The molecule has 0 amide bonds. The Morgan fingerprint density at radius 1 is 1.29 bits per heavy atom. The number of guanidine groups is 1. The fourth-order valence-electron chi connectivity index (χ4n) is 2.29. The van der Waals surface area contributed by atoms with Gasteiger partial charge in [-0.15, -0.1) is 11.3 Å². The number of nitrogens with one attached hydrogen (secondary N) is 2. The molecule has 6 heteroatoms. The Hall–Kier alpha value is -1.63. The smallest absolute Gasteiger partial charge is 0.191 e. The second-order valence-electron chi connectivity index (χ2n) is 6.16. The summed E-state index contributed by atoms with van der Waals surface area (Å²) in [5.41, 5.74) is 0. The summed E-state index contributed by atoms with van der Waals surface area (Å²) in [6.45, 7) is 6.54. The van der Waals surface area contributed by atoms with E-state index in [0.29, 0.717) is 18.5 Å². The molecule has 1 aromatic heterocycles. The van der Waals surface area contributed by atoms with Gasteiger partial charge >= 0.3 is 0 Å². The topological polar surface area (TPSA) is 59.9 Å². The van der Waals surface area contributed by atoms with Crippen LogP contribution in [0.3, 0.4) is 0 Å². The number of aliphatic hydroxyl groups excluding tert-OH is 1. The molecular weight excluding hydrogens is 320 g/mol. The third-order valence-corrected chi connectivity index (χ3v) is 5.32. The normalized spacial score (nSPS) is 13.7. The summed E-state index contributed by atoms with van der Waals surface area (Å²) in [5, 5.41) is 18.1. The van der Waals surface area contributed by atoms with E-state index < -0.39 is 6.10 Å². The van der Waals surface area contributed by atoms with Crippen molar-refractivity contribution in [2.45, 2.75) is 26.0 Å². The molecule has 0 spiro atoms. The number of hydrogen-bond donors (Lipinski definition) is 3. The second kappa shape index (κ2) is 9.01. The monoisotopic (exact) mass is 348 g/mol. The summed E-state index contributed by atoms with van der Waals surface area (Å²) >= 11 is 1.63. The van der Waals surface area contributed by atoms with Gasteiger partial charge in [0.25, 0.3) is 0 Å². The molecule has 0 aliphatic heterocycles. The molecule has 1 unspecified atom stereocenters. The van der Waals surface area contributed by atoms with Gasteiger partial charge in [-0.3, -0.25) is 4.99 Å². The van der Waals surface area contributed by atoms with Crippen molar-refractivity contribution < 1.29 is 5.11 Å². The lowest BCUT2D eigenvalue weighted by Gasteiger charge is -2.22. The molecule has 2 aromatic rings. The van der Waals surface area contributed by atoms with Gasteiger partial charge in [0.2, 0.25) is 0 Å². The largest absolute Gasteiger partial charge is 0.386 e. The van der Waals surface area contributed by atoms with E-state index >= 15 is 0 Å². The summed E-state index contributed by atoms with van der Waals surface area (Å²) < 4.78 is 1.20. The molecule has 3 N–H and O–H groups in total. The molecular formula is C18H28N4OS. The molecule has 0 radical (unpaired) electrons. The van der Waals surface area contributed by atoms with Crippen LogP contribution in [0.5, 0.6) is 0 Å². The first kappa shape index (κ1) is 18.7. The van der Waals surface area contributed by atoms with Gasteiger partial charge in [0, 0.05) is 42.3 Å². The fraction of sp³-hybridized carbons (Fsp3) is 0.500. The van der Waals surface area contributed by atoms with Gasteiger partial charge in [-0.05, 0) is 38.4 Å². The standard InChI is InChI=1S/C18H28N4OS/c1-13(2)22(4)10-9-20-18(19-3)21-12-15(23)17-11-14-7-5-6-8-16(14)24-17/h5-8,11,13,15,23H,9-10,12H2,1-4H3,(H2,19,20,21). The van der Waals surface area contributed by atoms with Crippen LogP contribution in [0.15, 0.2) is 35.3 Å².